The number of sulfonamides is 1. The van der Waals surface area contributed by atoms with Crippen LogP contribution in [0, 0.1) is 5.92 Å². The van der Waals surface area contributed by atoms with E-state index in [0.717, 1.165) is 29.5 Å². The predicted molar refractivity (Wildman–Crippen MR) is 207 cm³/mol. The number of alkyl halides is 3. The van der Waals surface area contributed by atoms with E-state index in [1.165, 1.54) is 35.9 Å². The highest BCUT2D eigenvalue weighted by molar-refractivity contribution is 7.90. The summed E-state index contributed by atoms with van der Waals surface area (Å²) < 4.78 is 100. The highest BCUT2D eigenvalue weighted by atomic mass is 35.5. The van der Waals surface area contributed by atoms with Crippen molar-refractivity contribution in [3.05, 3.63) is 69.5 Å². The second-order valence-corrected chi connectivity index (χ2v) is 18.6. The van der Waals surface area contributed by atoms with Crippen molar-refractivity contribution < 1.29 is 45.0 Å². The second kappa shape index (κ2) is 16.3. The smallest absolute Gasteiger partial charge is 0.406 e. The topological polar surface area (TPSA) is 112 Å². The summed E-state index contributed by atoms with van der Waals surface area (Å²) in [5, 5.41) is -0.633. The number of ether oxygens (including phenoxy) is 2. The van der Waals surface area contributed by atoms with Gasteiger partial charge < -0.3 is 19.3 Å². The Labute approximate surface area is 336 Å². The number of fused-ring (bicyclic) bond motifs is 1. The molecular weight excluding hydrogens is 790 g/mol. The lowest BCUT2D eigenvalue weighted by Gasteiger charge is -2.47. The number of carbonyl (C=O) groups is 2. The van der Waals surface area contributed by atoms with Crippen molar-refractivity contribution in [2.45, 2.75) is 88.0 Å². The molecule has 312 valence electrons. The normalized spacial score (nSPS) is 29.4. The second-order valence-electron chi connectivity index (χ2n) is 16.1. The Bertz CT molecular complexity index is 2020. The first-order valence-electron chi connectivity index (χ1n) is 19.7. The largest absolute Gasteiger partial charge is 0.487 e. The molecule has 7 rings (SSSR count). The Morgan fingerprint density at radius 3 is 2.67 bits per heavy atom. The number of rotatable bonds is 4. The summed E-state index contributed by atoms with van der Waals surface area (Å²) in [6.07, 6.45) is -0.0371. The average Bonchev–Trinajstić information content (AvgIpc) is 3.58. The molecule has 0 aromatic heterocycles. The third kappa shape index (κ3) is 8.26. The zero-order valence-corrected chi connectivity index (χ0v) is 34.0. The fraction of sp³-hybridized carbons (Fsp3) is 0.600. The number of hydrogen-bond donors (Lipinski definition) is 1. The molecule has 1 spiro atoms. The molecule has 2 aromatic carbocycles. The van der Waals surface area contributed by atoms with E-state index in [9.17, 15) is 31.2 Å². The molecule has 5 heterocycles. The standard InChI is InChI=1S/C40H50ClF4N5O6S/c1-25-8-10-32(42)36(38(52)47(3)15-16-48-17-18-55-23-35(48)40(43,44)45)50-14-6-12-39(50)24-49-13-5-4-7-27-19-29(41)21-31(39)30(27)22-56-34-11-9-28(20-33(34)49)37(51)46-57(53,54)26(25)2/h9-11,19-21,25-26,35-36H,4-8,12-18,22-24H2,1-3H3,(H,46,51)/b32-10-/t25-,26+,35?,36+,39-/m0/s1. The van der Waals surface area contributed by atoms with Gasteiger partial charge in [-0.3, -0.25) is 19.4 Å². The van der Waals surface area contributed by atoms with Crippen LogP contribution in [0.2, 0.25) is 5.02 Å². The van der Waals surface area contributed by atoms with Crippen LogP contribution in [0.1, 0.15) is 73.0 Å². The van der Waals surface area contributed by atoms with Crippen LogP contribution in [0.25, 0.3) is 0 Å². The van der Waals surface area contributed by atoms with Gasteiger partial charge in [0, 0.05) is 56.9 Å². The number of nitrogens with zero attached hydrogens (tertiary/aromatic N) is 4. The van der Waals surface area contributed by atoms with Gasteiger partial charge >= 0.3 is 6.18 Å². The summed E-state index contributed by atoms with van der Waals surface area (Å²) >= 11 is 6.90. The summed E-state index contributed by atoms with van der Waals surface area (Å²) in [4.78, 5) is 35.0. The third-order valence-corrected chi connectivity index (χ3v) is 14.7. The lowest BCUT2D eigenvalue weighted by molar-refractivity contribution is -0.211. The van der Waals surface area contributed by atoms with Crippen molar-refractivity contribution in [3.8, 4) is 5.75 Å². The summed E-state index contributed by atoms with van der Waals surface area (Å²) in [6, 6.07) is 5.31. The van der Waals surface area contributed by atoms with Gasteiger partial charge in [-0.1, -0.05) is 24.6 Å². The number of aryl methyl sites for hydroxylation is 1. The van der Waals surface area contributed by atoms with Crippen LogP contribution in [0.3, 0.4) is 0 Å². The number of carbonyl (C=O) groups excluding carboxylic acids is 2. The summed E-state index contributed by atoms with van der Waals surface area (Å²) in [5.41, 5.74) is 2.33. The number of anilines is 1. The number of likely N-dealkylation sites (N-methyl/N-ethyl adjacent to an activating group) is 1. The van der Waals surface area contributed by atoms with Crippen molar-refractivity contribution in [3.63, 3.8) is 0 Å². The van der Waals surface area contributed by atoms with Crippen molar-refractivity contribution in [1.82, 2.24) is 19.4 Å². The van der Waals surface area contributed by atoms with E-state index >= 15 is 4.39 Å². The number of nitrogens with one attached hydrogen (secondary N) is 1. The molecule has 2 aromatic rings. The fourth-order valence-corrected chi connectivity index (χ4v) is 10.6. The molecule has 1 N–H and O–H groups in total. The van der Waals surface area contributed by atoms with Crippen molar-refractivity contribution >= 4 is 39.1 Å². The van der Waals surface area contributed by atoms with Crippen LogP contribution in [0.5, 0.6) is 5.75 Å². The molecule has 0 radical (unpaired) electrons. The zero-order chi connectivity index (χ0) is 40.9. The first-order chi connectivity index (χ1) is 27.0. The van der Waals surface area contributed by atoms with E-state index in [2.05, 4.69) is 9.62 Å². The van der Waals surface area contributed by atoms with E-state index in [1.807, 2.05) is 17.0 Å². The summed E-state index contributed by atoms with van der Waals surface area (Å²) in [5.74, 6) is -2.43. The number of morpholine rings is 1. The van der Waals surface area contributed by atoms with E-state index in [1.54, 1.807) is 19.1 Å². The molecule has 5 aliphatic rings. The maximum Gasteiger partial charge on any atom is 0.406 e. The molecule has 2 saturated heterocycles. The molecule has 7 bridgehead atoms. The Kier molecular flexibility index (Phi) is 11.9. The molecule has 5 atom stereocenters. The minimum atomic E-state index is -4.53. The Balaban J connectivity index is 1.39. The van der Waals surface area contributed by atoms with Gasteiger partial charge in [0.25, 0.3) is 5.91 Å². The first kappa shape index (κ1) is 41.7. The van der Waals surface area contributed by atoms with Crippen LogP contribution in [-0.2, 0) is 38.1 Å². The molecular formula is C40H50ClF4N5O6S. The maximum atomic E-state index is 17.4. The molecule has 11 nitrogen and oxygen atoms in total. The summed E-state index contributed by atoms with van der Waals surface area (Å²) in [6.45, 7) is 3.66. The Morgan fingerprint density at radius 2 is 1.89 bits per heavy atom. The van der Waals surface area contributed by atoms with Crippen molar-refractivity contribution in [1.29, 1.82) is 0 Å². The van der Waals surface area contributed by atoms with Gasteiger partial charge in [0.05, 0.1) is 29.7 Å². The molecule has 5 aliphatic heterocycles. The minimum absolute atomic E-state index is 0.0273. The third-order valence-electron chi connectivity index (χ3n) is 12.6. The molecule has 2 amide bonds. The lowest BCUT2D eigenvalue weighted by atomic mass is 9.79. The molecule has 0 aliphatic carbocycles. The Morgan fingerprint density at radius 1 is 1.11 bits per heavy atom. The van der Waals surface area contributed by atoms with Gasteiger partial charge in [0.2, 0.25) is 15.9 Å². The number of amides is 2. The van der Waals surface area contributed by atoms with Crippen molar-refractivity contribution in [2.24, 2.45) is 5.92 Å². The first-order valence-corrected chi connectivity index (χ1v) is 21.6. The van der Waals surface area contributed by atoms with E-state index < -0.39 is 69.2 Å². The monoisotopic (exact) mass is 839 g/mol. The Hall–Kier alpha value is -3.44. The van der Waals surface area contributed by atoms with Crippen LogP contribution < -0.4 is 14.4 Å². The quantitative estimate of drug-likeness (QED) is 0.383. The van der Waals surface area contributed by atoms with Gasteiger partial charge in [-0.15, -0.1) is 0 Å². The number of hydrogen-bond acceptors (Lipinski definition) is 9. The van der Waals surface area contributed by atoms with E-state index in [4.69, 9.17) is 21.1 Å². The van der Waals surface area contributed by atoms with E-state index in [0.29, 0.717) is 48.8 Å². The van der Waals surface area contributed by atoms with Crippen molar-refractivity contribution in [2.75, 3.05) is 64.4 Å². The van der Waals surface area contributed by atoms with Gasteiger partial charge in [-0.25, -0.2) is 17.5 Å². The van der Waals surface area contributed by atoms with Gasteiger partial charge in [-0.05, 0) is 98.4 Å². The molecule has 1 unspecified atom stereocenters. The molecule has 17 heteroatoms. The van der Waals surface area contributed by atoms with Crippen LogP contribution >= 0.6 is 11.6 Å². The van der Waals surface area contributed by atoms with E-state index in [-0.39, 0.29) is 51.4 Å². The molecule has 57 heavy (non-hydrogen) atoms. The lowest BCUT2D eigenvalue weighted by Crippen LogP contribution is -2.59. The average molecular weight is 840 g/mol. The van der Waals surface area contributed by atoms with Crippen LogP contribution in [0.4, 0.5) is 23.2 Å². The minimum Gasteiger partial charge on any atom is -0.487 e. The molecule has 0 saturated carbocycles. The summed E-state index contributed by atoms with van der Waals surface area (Å²) in [7, 11) is -2.76. The SMILES string of the molecule is C[C@@H]1[C@@H](C)C/C=C(\F)[C@H](C(=O)N(C)CCN2CCOCC2C(F)(F)F)N2CCC[C@@]23CN2CCCCc4cc(Cl)cc3c4COc3ccc(cc32)C(=O)NS1(=O)=O. The van der Waals surface area contributed by atoms with Gasteiger partial charge in [0.1, 0.15) is 30.3 Å². The van der Waals surface area contributed by atoms with Gasteiger partial charge in [0.15, 0.2) is 0 Å². The maximum absolute atomic E-state index is 17.4. The number of allylic oxidation sites excluding steroid dienone is 1. The highest BCUT2D eigenvalue weighted by Crippen LogP contribution is 2.49. The van der Waals surface area contributed by atoms with Crippen LogP contribution in [-0.4, -0.2) is 118 Å². The fourth-order valence-electron chi connectivity index (χ4n) is 9.11. The number of benzene rings is 2. The molecule has 2 fully saturated rings. The van der Waals surface area contributed by atoms with Gasteiger partial charge in [-0.2, -0.15) is 13.2 Å². The highest BCUT2D eigenvalue weighted by Gasteiger charge is 2.52. The van der Waals surface area contributed by atoms with Crippen LogP contribution in [0.15, 0.2) is 42.2 Å². The predicted octanol–water partition coefficient (Wildman–Crippen LogP) is 5.80. The number of halogens is 5. The zero-order valence-electron chi connectivity index (χ0n) is 32.4.